The highest BCUT2D eigenvalue weighted by molar-refractivity contribution is 7.86. The van der Waals surface area contributed by atoms with Crippen LogP contribution in [0.1, 0.15) is 11.1 Å². The van der Waals surface area contributed by atoms with E-state index in [9.17, 15) is 17.2 Å². The van der Waals surface area contributed by atoms with Gasteiger partial charge in [-0.1, -0.05) is 35.9 Å². The van der Waals surface area contributed by atoms with Gasteiger partial charge in [-0.15, -0.1) is 0 Å². The van der Waals surface area contributed by atoms with Crippen LogP contribution in [0.25, 0.3) is 11.1 Å². The van der Waals surface area contributed by atoms with Gasteiger partial charge in [0, 0.05) is 17.5 Å². The van der Waals surface area contributed by atoms with Crippen molar-refractivity contribution in [1.29, 1.82) is 0 Å². The van der Waals surface area contributed by atoms with Gasteiger partial charge in [0.25, 0.3) is 10.1 Å². The number of hydrogen-bond acceptors (Lipinski definition) is 4. The molecule has 3 aromatic rings. The summed E-state index contributed by atoms with van der Waals surface area (Å²) < 4.78 is 63.9. The minimum Gasteiger partial charge on any atom is -0.484 e. The van der Waals surface area contributed by atoms with E-state index in [-0.39, 0.29) is 29.2 Å². The SMILES string of the molecule is Cc1ccc(S(=O)(=O)OCC2Cc3cc(-c4ccccc4F)cc(F)c3O2)cc1. The van der Waals surface area contributed by atoms with Crippen LogP contribution in [-0.2, 0) is 20.7 Å². The largest absolute Gasteiger partial charge is 0.484 e. The van der Waals surface area contributed by atoms with Crippen LogP contribution in [0.3, 0.4) is 0 Å². The summed E-state index contributed by atoms with van der Waals surface area (Å²) in [6.07, 6.45) is -0.395. The maximum absolute atomic E-state index is 14.5. The van der Waals surface area contributed by atoms with Crippen LogP contribution in [0.5, 0.6) is 5.75 Å². The molecule has 4 rings (SSSR count). The monoisotopic (exact) mass is 416 g/mol. The van der Waals surface area contributed by atoms with Crippen LogP contribution in [0.2, 0.25) is 0 Å². The lowest BCUT2D eigenvalue weighted by molar-refractivity contribution is 0.148. The molecule has 1 aliphatic rings. The Morgan fingerprint density at radius 1 is 1.03 bits per heavy atom. The summed E-state index contributed by atoms with van der Waals surface area (Å²) in [5.74, 6) is -1.02. The predicted octanol–water partition coefficient (Wildman–Crippen LogP) is 4.65. The van der Waals surface area contributed by atoms with Crippen molar-refractivity contribution in [2.24, 2.45) is 0 Å². The van der Waals surface area contributed by atoms with Crippen LogP contribution in [0.15, 0.2) is 65.6 Å². The first-order valence-corrected chi connectivity index (χ1v) is 10.4. The molecule has 0 amide bonds. The van der Waals surface area contributed by atoms with Gasteiger partial charge in [0.05, 0.1) is 4.90 Å². The fraction of sp³-hybridized carbons (Fsp3) is 0.182. The molecule has 0 saturated heterocycles. The molecular weight excluding hydrogens is 398 g/mol. The highest BCUT2D eigenvalue weighted by Crippen LogP contribution is 2.36. The zero-order valence-corrected chi connectivity index (χ0v) is 16.4. The Bertz CT molecular complexity index is 1160. The van der Waals surface area contributed by atoms with Gasteiger partial charge >= 0.3 is 0 Å². The van der Waals surface area contributed by atoms with Crippen LogP contribution in [-0.4, -0.2) is 21.1 Å². The molecule has 0 aliphatic carbocycles. The third-order valence-electron chi connectivity index (χ3n) is 4.76. The molecule has 4 nitrogen and oxygen atoms in total. The van der Waals surface area contributed by atoms with E-state index in [4.69, 9.17) is 8.92 Å². The molecule has 0 bridgehead atoms. The van der Waals surface area contributed by atoms with Gasteiger partial charge in [0.1, 0.15) is 18.5 Å². The third-order valence-corrected chi connectivity index (χ3v) is 6.05. The lowest BCUT2D eigenvalue weighted by atomic mass is 10.0. The minimum absolute atomic E-state index is 0.0476. The second kappa shape index (κ2) is 7.57. The van der Waals surface area contributed by atoms with E-state index in [1.807, 2.05) is 6.92 Å². The maximum atomic E-state index is 14.5. The topological polar surface area (TPSA) is 52.6 Å². The highest BCUT2D eigenvalue weighted by Gasteiger charge is 2.29. The van der Waals surface area contributed by atoms with Gasteiger partial charge in [-0.2, -0.15) is 8.42 Å². The quantitative estimate of drug-likeness (QED) is 0.568. The van der Waals surface area contributed by atoms with Gasteiger partial charge in [-0.05, 0) is 42.8 Å². The molecule has 0 aromatic heterocycles. The summed E-state index contributed by atoms with van der Waals surface area (Å²) in [5.41, 5.74) is 2.16. The standard InChI is InChI=1S/C22H18F2O4S/c1-14-6-8-18(9-7-14)29(25,26)27-13-17-11-16-10-15(12-21(24)22(16)28-17)19-4-2-3-5-20(19)23/h2-10,12,17H,11,13H2,1H3. The van der Waals surface area contributed by atoms with Crippen LogP contribution >= 0.6 is 0 Å². The Labute approximate surface area is 167 Å². The highest BCUT2D eigenvalue weighted by atomic mass is 32.2. The number of aryl methyl sites for hydroxylation is 1. The molecule has 3 aromatic carbocycles. The summed E-state index contributed by atoms with van der Waals surface area (Å²) in [6.45, 7) is 1.60. The van der Waals surface area contributed by atoms with Crippen molar-refractivity contribution in [2.45, 2.75) is 24.3 Å². The van der Waals surface area contributed by atoms with E-state index in [0.29, 0.717) is 11.1 Å². The second-order valence-corrected chi connectivity index (χ2v) is 8.54. The van der Waals surface area contributed by atoms with Gasteiger partial charge < -0.3 is 4.74 Å². The molecule has 1 heterocycles. The molecule has 0 spiro atoms. The molecule has 1 unspecified atom stereocenters. The fourth-order valence-electron chi connectivity index (χ4n) is 3.27. The van der Waals surface area contributed by atoms with E-state index in [2.05, 4.69) is 0 Å². The van der Waals surface area contributed by atoms with E-state index in [1.165, 1.54) is 24.3 Å². The van der Waals surface area contributed by atoms with Crippen LogP contribution in [0.4, 0.5) is 8.78 Å². The number of ether oxygens (including phenoxy) is 1. The van der Waals surface area contributed by atoms with Crippen molar-refractivity contribution in [2.75, 3.05) is 6.61 Å². The molecule has 0 N–H and O–H groups in total. The first-order valence-electron chi connectivity index (χ1n) is 9.03. The van der Waals surface area contributed by atoms with E-state index >= 15 is 0 Å². The van der Waals surface area contributed by atoms with E-state index in [1.54, 1.807) is 36.4 Å². The molecule has 0 saturated carbocycles. The zero-order chi connectivity index (χ0) is 20.6. The number of halogens is 2. The lowest BCUT2D eigenvalue weighted by Crippen LogP contribution is -2.23. The first kappa shape index (κ1) is 19.5. The van der Waals surface area contributed by atoms with Crippen molar-refractivity contribution >= 4 is 10.1 Å². The first-order chi connectivity index (χ1) is 13.8. The summed E-state index contributed by atoms with van der Waals surface area (Å²) in [6, 6.07) is 15.3. The molecule has 150 valence electrons. The van der Waals surface area contributed by atoms with Gasteiger partial charge in [0.15, 0.2) is 11.6 Å². The summed E-state index contributed by atoms with van der Waals surface area (Å²) in [4.78, 5) is 0.0478. The lowest BCUT2D eigenvalue weighted by Gasteiger charge is -2.12. The zero-order valence-electron chi connectivity index (χ0n) is 15.6. The fourth-order valence-corrected chi connectivity index (χ4v) is 4.21. The minimum atomic E-state index is -3.94. The van der Waals surface area contributed by atoms with Crippen molar-refractivity contribution < 1.29 is 26.1 Å². The van der Waals surface area contributed by atoms with Crippen molar-refractivity contribution in [3.63, 3.8) is 0 Å². The molecule has 7 heteroatoms. The van der Waals surface area contributed by atoms with Gasteiger partial charge in [-0.25, -0.2) is 8.78 Å². The number of hydrogen-bond donors (Lipinski definition) is 0. The van der Waals surface area contributed by atoms with Crippen molar-refractivity contribution in [1.82, 2.24) is 0 Å². The van der Waals surface area contributed by atoms with E-state index in [0.717, 1.165) is 5.56 Å². The smallest absolute Gasteiger partial charge is 0.297 e. The van der Waals surface area contributed by atoms with Crippen LogP contribution < -0.4 is 4.74 Å². The average Bonchev–Trinajstić information content (AvgIpc) is 3.11. The molecule has 0 radical (unpaired) electrons. The van der Waals surface area contributed by atoms with E-state index < -0.39 is 27.9 Å². The predicted molar refractivity (Wildman–Crippen MR) is 104 cm³/mol. The molecule has 0 fully saturated rings. The Hall–Kier alpha value is -2.77. The Kier molecular flexibility index (Phi) is 5.10. The molecule has 1 aliphatic heterocycles. The molecule has 1 atom stereocenters. The Morgan fingerprint density at radius 2 is 1.76 bits per heavy atom. The third kappa shape index (κ3) is 4.02. The number of fused-ring (bicyclic) bond motifs is 1. The molecule has 29 heavy (non-hydrogen) atoms. The van der Waals surface area contributed by atoms with Crippen LogP contribution in [0, 0.1) is 18.6 Å². The summed E-state index contributed by atoms with van der Waals surface area (Å²) >= 11 is 0. The van der Waals surface area contributed by atoms with Crippen molar-refractivity contribution in [3.8, 4) is 16.9 Å². The van der Waals surface area contributed by atoms with Crippen molar-refractivity contribution in [3.05, 3.63) is 83.4 Å². The average molecular weight is 416 g/mol. The normalized spacial score (nSPS) is 15.8. The van der Waals surface area contributed by atoms with Gasteiger partial charge in [0.2, 0.25) is 0 Å². The Morgan fingerprint density at radius 3 is 2.48 bits per heavy atom. The summed E-state index contributed by atoms with van der Waals surface area (Å²) in [7, 11) is -3.94. The molecular formula is C22H18F2O4S. The second-order valence-electron chi connectivity index (χ2n) is 6.92. The van der Waals surface area contributed by atoms with Gasteiger partial charge in [-0.3, -0.25) is 4.18 Å². The summed E-state index contributed by atoms with van der Waals surface area (Å²) in [5, 5.41) is 0. The Balaban J connectivity index is 1.50. The number of rotatable bonds is 5. The number of benzene rings is 3. The maximum Gasteiger partial charge on any atom is 0.297 e.